The maximum absolute atomic E-state index is 13.9. The topological polar surface area (TPSA) is 58.6 Å². The predicted molar refractivity (Wildman–Crippen MR) is 74.9 cm³/mol. The van der Waals surface area contributed by atoms with Crippen LogP contribution in [-0.2, 0) is 5.75 Å². The molecule has 0 unspecified atom stereocenters. The second-order valence-corrected chi connectivity index (χ2v) is 5.03. The minimum atomic E-state index is -0.474. The van der Waals surface area contributed by atoms with Crippen LogP contribution in [0.4, 0.5) is 8.78 Å². The Hall–Kier alpha value is -2.08. The minimum Gasteiger partial charge on any atom is -0.409 e. The van der Waals surface area contributed by atoms with Crippen molar-refractivity contribution in [3.05, 3.63) is 65.2 Å². The number of nitrogens with two attached hydrogens (primary N) is 1. The molecule has 3 nitrogen and oxygen atoms in total. The van der Waals surface area contributed by atoms with Crippen molar-refractivity contribution in [2.24, 2.45) is 10.9 Å². The molecule has 0 bridgehead atoms. The molecule has 104 valence electrons. The van der Waals surface area contributed by atoms with Gasteiger partial charge < -0.3 is 10.9 Å². The first-order valence-corrected chi connectivity index (χ1v) is 6.74. The zero-order chi connectivity index (χ0) is 14.5. The highest BCUT2D eigenvalue weighted by Crippen LogP contribution is 2.26. The Morgan fingerprint density at radius 2 is 1.90 bits per heavy atom. The summed E-state index contributed by atoms with van der Waals surface area (Å²) in [5.74, 6) is -0.662. The zero-order valence-electron chi connectivity index (χ0n) is 10.4. The third-order valence-electron chi connectivity index (χ3n) is 2.68. The van der Waals surface area contributed by atoms with E-state index in [0.717, 1.165) is 0 Å². The molecule has 20 heavy (non-hydrogen) atoms. The normalized spacial score (nSPS) is 11.6. The lowest BCUT2D eigenvalue weighted by molar-refractivity contribution is 0.318. The Bertz CT molecular complexity index is 647. The van der Waals surface area contributed by atoms with Gasteiger partial charge in [-0.05, 0) is 23.8 Å². The van der Waals surface area contributed by atoms with Gasteiger partial charge in [-0.2, -0.15) is 0 Å². The predicted octanol–water partition coefficient (Wildman–Crippen LogP) is 3.35. The summed E-state index contributed by atoms with van der Waals surface area (Å²) in [4.78, 5) is 0.465. The van der Waals surface area contributed by atoms with Crippen LogP contribution in [0.15, 0.2) is 52.5 Å². The molecule has 0 amide bonds. The van der Waals surface area contributed by atoms with Crippen molar-refractivity contribution in [2.75, 3.05) is 0 Å². The number of halogens is 2. The average Bonchev–Trinajstić information content (AvgIpc) is 2.46. The summed E-state index contributed by atoms with van der Waals surface area (Å²) in [7, 11) is 0. The molecule has 2 rings (SSSR count). The largest absolute Gasteiger partial charge is 0.409 e. The summed E-state index contributed by atoms with van der Waals surface area (Å²) in [5, 5.41) is 11.3. The Morgan fingerprint density at radius 3 is 2.55 bits per heavy atom. The van der Waals surface area contributed by atoms with Crippen LogP contribution in [-0.4, -0.2) is 11.0 Å². The first-order valence-electron chi connectivity index (χ1n) is 5.75. The van der Waals surface area contributed by atoms with Crippen molar-refractivity contribution in [2.45, 2.75) is 10.6 Å². The molecular formula is C14H12F2N2OS. The molecule has 0 aliphatic carbocycles. The van der Waals surface area contributed by atoms with Crippen LogP contribution in [0, 0.1) is 11.6 Å². The monoisotopic (exact) mass is 294 g/mol. The standard InChI is InChI=1S/C14H12F2N2OS/c15-11-3-1-2-4-13(11)20-8-10-6-5-9(7-12(10)16)14(17)18-19/h1-7,19H,8H2,(H2,17,18). The Labute approximate surface area is 119 Å². The number of nitrogens with zero attached hydrogens (tertiary/aromatic N) is 1. The third-order valence-corrected chi connectivity index (χ3v) is 3.77. The zero-order valence-corrected chi connectivity index (χ0v) is 11.2. The lowest BCUT2D eigenvalue weighted by Crippen LogP contribution is -2.13. The summed E-state index contributed by atoms with van der Waals surface area (Å²) in [6, 6.07) is 10.6. The lowest BCUT2D eigenvalue weighted by Gasteiger charge is -2.06. The van der Waals surface area contributed by atoms with E-state index in [1.807, 2.05) is 0 Å². The van der Waals surface area contributed by atoms with E-state index in [0.29, 0.717) is 21.8 Å². The highest BCUT2D eigenvalue weighted by molar-refractivity contribution is 7.98. The summed E-state index contributed by atoms with van der Waals surface area (Å²) in [5.41, 5.74) is 6.10. The van der Waals surface area contributed by atoms with Crippen molar-refractivity contribution in [3.8, 4) is 0 Å². The third kappa shape index (κ3) is 3.27. The number of hydrogen-bond donors (Lipinski definition) is 2. The molecule has 0 atom stereocenters. The first-order chi connectivity index (χ1) is 9.61. The number of amidine groups is 1. The molecule has 0 saturated heterocycles. The minimum absolute atomic E-state index is 0.155. The number of thioether (sulfide) groups is 1. The fourth-order valence-corrected chi connectivity index (χ4v) is 2.52. The molecule has 0 heterocycles. The SMILES string of the molecule is N/C(=N\O)c1ccc(CSc2ccccc2F)c(F)c1. The fourth-order valence-electron chi connectivity index (χ4n) is 1.60. The van der Waals surface area contributed by atoms with E-state index in [2.05, 4.69) is 5.16 Å². The lowest BCUT2D eigenvalue weighted by atomic mass is 10.1. The van der Waals surface area contributed by atoms with Crippen LogP contribution >= 0.6 is 11.8 Å². The second-order valence-electron chi connectivity index (χ2n) is 4.01. The van der Waals surface area contributed by atoms with Gasteiger partial charge in [0, 0.05) is 16.2 Å². The van der Waals surface area contributed by atoms with Crippen LogP contribution in [0.5, 0.6) is 0 Å². The van der Waals surface area contributed by atoms with E-state index in [1.165, 1.54) is 30.0 Å². The Kier molecular flexibility index (Phi) is 4.57. The van der Waals surface area contributed by atoms with Crippen molar-refractivity contribution in [1.29, 1.82) is 0 Å². The van der Waals surface area contributed by atoms with E-state index >= 15 is 0 Å². The Balaban J connectivity index is 2.13. The van der Waals surface area contributed by atoms with E-state index < -0.39 is 5.82 Å². The van der Waals surface area contributed by atoms with E-state index in [9.17, 15) is 8.78 Å². The number of benzene rings is 2. The number of rotatable bonds is 4. The van der Waals surface area contributed by atoms with Gasteiger partial charge in [0.2, 0.25) is 0 Å². The summed E-state index contributed by atoms with van der Waals surface area (Å²) in [6.07, 6.45) is 0. The Morgan fingerprint density at radius 1 is 1.15 bits per heavy atom. The first kappa shape index (κ1) is 14.3. The molecule has 0 fully saturated rings. The molecule has 2 aromatic carbocycles. The highest BCUT2D eigenvalue weighted by Gasteiger charge is 2.08. The van der Waals surface area contributed by atoms with E-state index in [-0.39, 0.29) is 11.7 Å². The van der Waals surface area contributed by atoms with Crippen LogP contribution in [0.2, 0.25) is 0 Å². The van der Waals surface area contributed by atoms with Gasteiger partial charge in [0.25, 0.3) is 0 Å². The van der Waals surface area contributed by atoms with Crippen molar-refractivity contribution in [3.63, 3.8) is 0 Å². The molecule has 0 aliphatic rings. The maximum atomic E-state index is 13.9. The summed E-state index contributed by atoms with van der Waals surface area (Å²) >= 11 is 1.21. The van der Waals surface area contributed by atoms with Gasteiger partial charge in [-0.3, -0.25) is 0 Å². The van der Waals surface area contributed by atoms with E-state index in [4.69, 9.17) is 10.9 Å². The number of oxime groups is 1. The van der Waals surface area contributed by atoms with Gasteiger partial charge in [0.05, 0.1) is 0 Å². The van der Waals surface area contributed by atoms with Gasteiger partial charge in [0.1, 0.15) is 11.6 Å². The van der Waals surface area contributed by atoms with Gasteiger partial charge in [0.15, 0.2) is 5.84 Å². The van der Waals surface area contributed by atoms with Crippen LogP contribution < -0.4 is 5.73 Å². The van der Waals surface area contributed by atoms with Crippen LogP contribution in [0.1, 0.15) is 11.1 Å². The van der Waals surface area contributed by atoms with Gasteiger partial charge >= 0.3 is 0 Å². The molecule has 3 N–H and O–H groups in total. The quantitative estimate of drug-likeness (QED) is 0.299. The molecule has 0 radical (unpaired) electrons. The fraction of sp³-hybridized carbons (Fsp3) is 0.0714. The summed E-state index contributed by atoms with van der Waals surface area (Å²) in [6.45, 7) is 0. The van der Waals surface area contributed by atoms with Crippen molar-refractivity contribution in [1.82, 2.24) is 0 Å². The molecule has 2 aromatic rings. The molecular weight excluding hydrogens is 282 g/mol. The maximum Gasteiger partial charge on any atom is 0.170 e. The molecule has 0 aliphatic heterocycles. The van der Waals surface area contributed by atoms with E-state index in [1.54, 1.807) is 24.3 Å². The average molecular weight is 294 g/mol. The molecule has 0 spiro atoms. The number of hydrogen-bond acceptors (Lipinski definition) is 3. The van der Waals surface area contributed by atoms with Gasteiger partial charge in [-0.25, -0.2) is 8.78 Å². The van der Waals surface area contributed by atoms with Crippen molar-refractivity contribution < 1.29 is 14.0 Å². The highest BCUT2D eigenvalue weighted by atomic mass is 32.2. The van der Waals surface area contributed by atoms with Crippen LogP contribution in [0.25, 0.3) is 0 Å². The summed E-state index contributed by atoms with van der Waals surface area (Å²) < 4.78 is 27.3. The van der Waals surface area contributed by atoms with Gasteiger partial charge in [-0.1, -0.05) is 29.4 Å². The van der Waals surface area contributed by atoms with Crippen LogP contribution in [0.3, 0.4) is 0 Å². The molecule has 0 saturated carbocycles. The second kappa shape index (κ2) is 6.38. The van der Waals surface area contributed by atoms with Gasteiger partial charge in [-0.15, -0.1) is 11.8 Å². The molecule has 6 heteroatoms. The van der Waals surface area contributed by atoms with Crippen molar-refractivity contribution >= 4 is 17.6 Å². The molecule has 0 aromatic heterocycles. The smallest absolute Gasteiger partial charge is 0.170 e.